The summed E-state index contributed by atoms with van der Waals surface area (Å²) >= 11 is 0. The fourth-order valence-corrected chi connectivity index (χ4v) is 2.58. The first-order chi connectivity index (χ1) is 9.15. The SMILES string of the molecule is CCC(C)C1CN(c2ccc(F)cc2OC)CCN1. The number of anilines is 1. The Kier molecular flexibility index (Phi) is 4.64. The maximum absolute atomic E-state index is 13.2. The molecular formula is C15H23FN2O. The summed E-state index contributed by atoms with van der Waals surface area (Å²) in [6, 6.07) is 5.24. The third-order valence-electron chi connectivity index (χ3n) is 4.02. The number of nitrogens with zero attached hydrogens (tertiary/aromatic N) is 1. The zero-order valence-corrected chi connectivity index (χ0v) is 11.9. The second-order valence-corrected chi connectivity index (χ2v) is 5.21. The largest absolute Gasteiger partial charge is 0.494 e. The lowest BCUT2D eigenvalue weighted by Crippen LogP contribution is -2.53. The highest BCUT2D eigenvalue weighted by Gasteiger charge is 2.24. The topological polar surface area (TPSA) is 24.5 Å². The Morgan fingerprint density at radius 3 is 3.00 bits per heavy atom. The second kappa shape index (κ2) is 6.24. The van der Waals surface area contributed by atoms with Gasteiger partial charge in [-0.2, -0.15) is 0 Å². The Balaban J connectivity index is 2.17. The van der Waals surface area contributed by atoms with Gasteiger partial charge in [0.15, 0.2) is 0 Å². The van der Waals surface area contributed by atoms with E-state index in [1.165, 1.54) is 12.1 Å². The smallest absolute Gasteiger partial charge is 0.145 e. The number of nitrogens with one attached hydrogen (secondary N) is 1. The van der Waals surface area contributed by atoms with Crippen molar-refractivity contribution in [3.63, 3.8) is 0 Å². The Bertz CT molecular complexity index is 425. The van der Waals surface area contributed by atoms with Crippen LogP contribution in [0, 0.1) is 11.7 Å². The highest BCUT2D eigenvalue weighted by Crippen LogP contribution is 2.30. The van der Waals surface area contributed by atoms with E-state index in [1.54, 1.807) is 7.11 Å². The van der Waals surface area contributed by atoms with Crippen LogP contribution in [-0.4, -0.2) is 32.8 Å². The summed E-state index contributed by atoms with van der Waals surface area (Å²) < 4.78 is 18.5. The number of hydrogen-bond donors (Lipinski definition) is 1. The molecule has 1 aromatic rings. The summed E-state index contributed by atoms with van der Waals surface area (Å²) in [6.07, 6.45) is 1.16. The van der Waals surface area contributed by atoms with Gasteiger partial charge in [-0.15, -0.1) is 0 Å². The van der Waals surface area contributed by atoms with Crippen LogP contribution in [0.1, 0.15) is 20.3 Å². The van der Waals surface area contributed by atoms with Crippen molar-refractivity contribution in [3.8, 4) is 5.75 Å². The van der Waals surface area contributed by atoms with Gasteiger partial charge in [0.05, 0.1) is 12.8 Å². The molecule has 0 bridgehead atoms. The van der Waals surface area contributed by atoms with E-state index in [0.29, 0.717) is 17.7 Å². The molecule has 1 aromatic carbocycles. The van der Waals surface area contributed by atoms with Crippen molar-refractivity contribution in [1.29, 1.82) is 0 Å². The molecular weight excluding hydrogens is 243 g/mol. The first kappa shape index (κ1) is 14.1. The van der Waals surface area contributed by atoms with Crippen molar-refractivity contribution in [1.82, 2.24) is 5.32 Å². The van der Waals surface area contributed by atoms with Gasteiger partial charge in [-0.05, 0) is 18.1 Å². The van der Waals surface area contributed by atoms with Crippen LogP contribution in [0.25, 0.3) is 0 Å². The molecule has 2 rings (SSSR count). The molecule has 106 valence electrons. The Morgan fingerprint density at radius 1 is 1.53 bits per heavy atom. The number of ether oxygens (including phenoxy) is 1. The third kappa shape index (κ3) is 3.18. The van der Waals surface area contributed by atoms with Crippen molar-refractivity contribution in [2.75, 3.05) is 31.6 Å². The van der Waals surface area contributed by atoms with E-state index in [9.17, 15) is 4.39 Å². The summed E-state index contributed by atoms with van der Waals surface area (Å²) in [5.74, 6) is 0.994. The summed E-state index contributed by atoms with van der Waals surface area (Å²) in [7, 11) is 1.59. The van der Waals surface area contributed by atoms with E-state index < -0.39 is 0 Å². The van der Waals surface area contributed by atoms with Crippen LogP contribution >= 0.6 is 0 Å². The number of halogens is 1. The molecule has 1 fully saturated rings. The Labute approximate surface area is 114 Å². The highest BCUT2D eigenvalue weighted by molar-refractivity contribution is 5.59. The predicted octanol–water partition coefficient (Wildman–Crippen LogP) is 2.66. The Hall–Kier alpha value is -1.29. The van der Waals surface area contributed by atoms with Crippen molar-refractivity contribution >= 4 is 5.69 Å². The average molecular weight is 266 g/mol. The lowest BCUT2D eigenvalue weighted by Gasteiger charge is -2.38. The van der Waals surface area contributed by atoms with Crippen molar-refractivity contribution in [2.45, 2.75) is 26.3 Å². The number of methoxy groups -OCH3 is 1. The van der Waals surface area contributed by atoms with E-state index in [4.69, 9.17) is 4.74 Å². The second-order valence-electron chi connectivity index (χ2n) is 5.21. The minimum atomic E-state index is -0.255. The minimum Gasteiger partial charge on any atom is -0.494 e. The molecule has 0 aromatic heterocycles. The lowest BCUT2D eigenvalue weighted by atomic mass is 9.97. The molecule has 0 amide bonds. The van der Waals surface area contributed by atoms with Crippen LogP contribution in [0.15, 0.2) is 18.2 Å². The van der Waals surface area contributed by atoms with Crippen LogP contribution in [0.2, 0.25) is 0 Å². The first-order valence-corrected chi connectivity index (χ1v) is 6.97. The molecule has 1 saturated heterocycles. The quantitative estimate of drug-likeness (QED) is 0.906. The molecule has 1 N–H and O–H groups in total. The number of piperazine rings is 1. The number of rotatable bonds is 4. The number of benzene rings is 1. The van der Waals surface area contributed by atoms with Crippen molar-refractivity contribution in [2.24, 2.45) is 5.92 Å². The van der Waals surface area contributed by atoms with Gasteiger partial charge in [0.25, 0.3) is 0 Å². The molecule has 4 heteroatoms. The van der Waals surface area contributed by atoms with E-state index in [1.807, 2.05) is 6.07 Å². The lowest BCUT2D eigenvalue weighted by molar-refractivity contribution is 0.339. The first-order valence-electron chi connectivity index (χ1n) is 6.97. The zero-order valence-electron chi connectivity index (χ0n) is 11.9. The molecule has 1 aliphatic heterocycles. The average Bonchev–Trinajstić information content (AvgIpc) is 2.46. The fraction of sp³-hybridized carbons (Fsp3) is 0.600. The molecule has 0 spiro atoms. The van der Waals surface area contributed by atoms with Gasteiger partial charge < -0.3 is 15.0 Å². The van der Waals surface area contributed by atoms with Gasteiger partial charge in [-0.25, -0.2) is 4.39 Å². The van der Waals surface area contributed by atoms with E-state index in [-0.39, 0.29) is 5.82 Å². The molecule has 0 radical (unpaired) electrons. The van der Waals surface area contributed by atoms with Gasteiger partial charge in [-0.3, -0.25) is 0 Å². The van der Waals surface area contributed by atoms with E-state index in [2.05, 4.69) is 24.1 Å². The van der Waals surface area contributed by atoms with Crippen LogP contribution in [0.5, 0.6) is 5.75 Å². The monoisotopic (exact) mass is 266 g/mol. The minimum absolute atomic E-state index is 0.255. The number of hydrogen-bond acceptors (Lipinski definition) is 3. The normalized spacial score (nSPS) is 21.3. The van der Waals surface area contributed by atoms with Crippen LogP contribution < -0.4 is 15.0 Å². The van der Waals surface area contributed by atoms with Crippen LogP contribution in [-0.2, 0) is 0 Å². The summed E-state index contributed by atoms with van der Waals surface area (Å²) in [6.45, 7) is 7.30. The maximum Gasteiger partial charge on any atom is 0.145 e. The standard InChI is InChI=1S/C15H23FN2O/c1-4-11(2)13-10-18(8-7-17-13)14-6-5-12(16)9-15(14)19-3/h5-6,9,11,13,17H,4,7-8,10H2,1-3H3. The van der Waals surface area contributed by atoms with Gasteiger partial charge in [0.2, 0.25) is 0 Å². The van der Waals surface area contributed by atoms with Crippen LogP contribution in [0.4, 0.5) is 10.1 Å². The Morgan fingerprint density at radius 2 is 2.32 bits per heavy atom. The third-order valence-corrected chi connectivity index (χ3v) is 4.02. The van der Waals surface area contributed by atoms with Gasteiger partial charge in [0, 0.05) is 31.7 Å². The summed E-state index contributed by atoms with van der Waals surface area (Å²) in [4.78, 5) is 2.28. The molecule has 2 unspecified atom stereocenters. The molecule has 2 atom stereocenters. The van der Waals surface area contributed by atoms with Crippen molar-refractivity contribution in [3.05, 3.63) is 24.0 Å². The van der Waals surface area contributed by atoms with Crippen LogP contribution in [0.3, 0.4) is 0 Å². The molecule has 0 saturated carbocycles. The highest BCUT2D eigenvalue weighted by atomic mass is 19.1. The van der Waals surface area contributed by atoms with Gasteiger partial charge in [-0.1, -0.05) is 20.3 Å². The molecule has 0 aliphatic carbocycles. The summed E-state index contributed by atoms with van der Waals surface area (Å²) in [5.41, 5.74) is 0.985. The predicted molar refractivity (Wildman–Crippen MR) is 76.4 cm³/mol. The maximum atomic E-state index is 13.2. The fourth-order valence-electron chi connectivity index (χ4n) is 2.58. The molecule has 19 heavy (non-hydrogen) atoms. The van der Waals surface area contributed by atoms with Gasteiger partial charge in [0.1, 0.15) is 11.6 Å². The van der Waals surface area contributed by atoms with Crippen molar-refractivity contribution < 1.29 is 9.13 Å². The van der Waals surface area contributed by atoms with E-state index in [0.717, 1.165) is 31.7 Å². The molecule has 1 heterocycles. The van der Waals surface area contributed by atoms with E-state index >= 15 is 0 Å². The zero-order chi connectivity index (χ0) is 13.8. The molecule has 3 nitrogen and oxygen atoms in total. The van der Waals surface area contributed by atoms with Gasteiger partial charge >= 0.3 is 0 Å². The molecule has 1 aliphatic rings. The summed E-state index contributed by atoms with van der Waals surface area (Å²) in [5, 5.41) is 3.56.